The van der Waals surface area contributed by atoms with Crippen molar-refractivity contribution in [2.24, 2.45) is 0 Å². The largest absolute Gasteiger partial charge is 0.451 e. The Morgan fingerprint density at radius 1 is 1.12 bits per heavy atom. The van der Waals surface area contributed by atoms with Crippen molar-refractivity contribution >= 4 is 28.9 Å². The summed E-state index contributed by atoms with van der Waals surface area (Å²) in [6.07, 6.45) is -0.895. The Morgan fingerprint density at radius 3 is 2.66 bits per heavy atom. The van der Waals surface area contributed by atoms with Crippen LogP contribution in [0.2, 0.25) is 0 Å². The molecule has 3 aromatic heterocycles. The molecule has 15 heteroatoms. The van der Waals surface area contributed by atoms with E-state index in [1.807, 2.05) is 0 Å². The van der Waals surface area contributed by atoms with E-state index < -0.39 is 30.2 Å². The van der Waals surface area contributed by atoms with Crippen LogP contribution in [0, 0.1) is 0 Å². The molecule has 0 bridgehead atoms. The van der Waals surface area contributed by atoms with Crippen LogP contribution in [0.5, 0.6) is 0 Å². The van der Waals surface area contributed by atoms with Crippen molar-refractivity contribution in [2.45, 2.75) is 6.18 Å². The molecule has 4 aromatic rings. The Kier molecular flexibility index (Phi) is 5.63. The first-order valence-corrected chi connectivity index (χ1v) is 9.55. The van der Waals surface area contributed by atoms with Gasteiger partial charge in [-0.05, 0) is 40.1 Å². The predicted molar refractivity (Wildman–Crippen MR) is 102 cm³/mol. The summed E-state index contributed by atoms with van der Waals surface area (Å²) in [4.78, 5) is 28.6. The lowest BCUT2D eigenvalue weighted by molar-refractivity contribution is -0.137. The number of ether oxygens (including phenoxy) is 1. The number of thiophene rings is 1. The summed E-state index contributed by atoms with van der Waals surface area (Å²) in [5.74, 6) is -1.67. The number of nitrogens with one attached hydrogen (secondary N) is 1. The number of amides is 1. The van der Waals surface area contributed by atoms with E-state index in [2.05, 4.69) is 30.9 Å². The van der Waals surface area contributed by atoms with Gasteiger partial charge in [0.25, 0.3) is 5.91 Å². The number of esters is 1. The molecule has 3 heterocycles. The average molecular weight is 464 g/mol. The van der Waals surface area contributed by atoms with Gasteiger partial charge in [0.2, 0.25) is 0 Å². The number of nitrogens with zero attached hydrogens (tertiary/aromatic N) is 7. The van der Waals surface area contributed by atoms with Crippen molar-refractivity contribution in [3.8, 4) is 11.4 Å². The molecule has 0 aliphatic rings. The molecule has 4 rings (SSSR count). The third-order valence-corrected chi connectivity index (χ3v) is 4.91. The van der Waals surface area contributed by atoms with Crippen LogP contribution in [0.3, 0.4) is 0 Å². The van der Waals surface area contributed by atoms with Crippen LogP contribution in [0.4, 0.5) is 18.9 Å². The standard InChI is InChI=1S/C17H11F3N8O3S/c18-17(19,20)10-1-2-12(27-8-21-7-23-27)11(5-10)24-14(29)6-31-16(30)15-13(3-4-32-15)28-9-22-25-26-28/h1-5,7-9H,6H2,(H,24,29). The highest BCUT2D eigenvalue weighted by Crippen LogP contribution is 2.33. The molecular formula is C17H11F3N8O3S. The van der Waals surface area contributed by atoms with E-state index in [0.717, 1.165) is 29.5 Å². The van der Waals surface area contributed by atoms with E-state index >= 15 is 0 Å². The molecule has 0 saturated heterocycles. The Bertz CT molecular complexity index is 1240. The summed E-state index contributed by atoms with van der Waals surface area (Å²) < 4.78 is 46.8. The molecule has 0 spiro atoms. The maximum atomic E-state index is 13.1. The van der Waals surface area contributed by atoms with Gasteiger partial charge in [-0.1, -0.05) is 0 Å². The molecule has 32 heavy (non-hydrogen) atoms. The summed E-state index contributed by atoms with van der Waals surface area (Å²) in [5.41, 5.74) is -0.652. The lowest BCUT2D eigenvalue weighted by Gasteiger charge is -2.14. The number of carbonyl (C=O) groups excluding carboxylic acids is 2. The fourth-order valence-corrected chi connectivity index (χ4v) is 3.41. The molecule has 164 valence electrons. The third-order valence-electron chi connectivity index (χ3n) is 4.02. The highest BCUT2D eigenvalue weighted by molar-refractivity contribution is 7.12. The molecule has 0 aliphatic carbocycles. The smallest absolute Gasteiger partial charge is 0.416 e. The zero-order chi connectivity index (χ0) is 22.7. The van der Waals surface area contributed by atoms with Crippen LogP contribution >= 0.6 is 11.3 Å². The number of tetrazole rings is 1. The summed E-state index contributed by atoms with van der Waals surface area (Å²) in [7, 11) is 0. The van der Waals surface area contributed by atoms with Gasteiger partial charge in [0, 0.05) is 0 Å². The van der Waals surface area contributed by atoms with Crippen molar-refractivity contribution in [3.63, 3.8) is 0 Å². The highest BCUT2D eigenvalue weighted by atomic mass is 32.1. The number of hydrogen-bond donors (Lipinski definition) is 1. The monoisotopic (exact) mass is 464 g/mol. The van der Waals surface area contributed by atoms with Gasteiger partial charge in [-0.25, -0.2) is 14.5 Å². The molecule has 0 saturated carbocycles. The van der Waals surface area contributed by atoms with Gasteiger partial charge in [0.15, 0.2) is 6.61 Å². The fourth-order valence-electron chi connectivity index (χ4n) is 2.64. The number of hydrogen-bond acceptors (Lipinski definition) is 9. The quantitative estimate of drug-likeness (QED) is 0.430. The number of anilines is 1. The average Bonchev–Trinajstić information content (AvgIpc) is 3.53. The van der Waals surface area contributed by atoms with E-state index in [9.17, 15) is 22.8 Å². The van der Waals surface area contributed by atoms with Gasteiger partial charge in [-0.3, -0.25) is 4.79 Å². The van der Waals surface area contributed by atoms with Crippen molar-refractivity contribution in [1.29, 1.82) is 0 Å². The number of benzene rings is 1. The third kappa shape index (κ3) is 4.46. The Morgan fingerprint density at radius 2 is 1.97 bits per heavy atom. The number of rotatable bonds is 6. The molecule has 0 unspecified atom stereocenters. The highest BCUT2D eigenvalue weighted by Gasteiger charge is 2.31. The Balaban J connectivity index is 1.49. The maximum absolute atomic E-state index is 13.1. The lowest BCUT2D eigenvalue weighted by Crippen LogP contribution is -2.22. The second-order valence-corrected chi connectivity index (χ2v) is 7.00. The normalized spacial score (nSPS) is 11.3. The van der Waals surface area contributed by atoms with Gasteiger partial charge in [0.1, 0.15) is 23.9 Å². The number of carbonyl (C=O) groups is 2. The van der Waals surface area contributed by atoms with Crippen molar-refractivity contribution in [2.75, 3.05) is 11.9 Å². The van der Waals surface area contributed by atoms with Gasteiger partial charge < -0.3 is 10.1 Å². The zero-order valence-corrected chi connectivity index (χ0v) is 16.5. The van der Waals surface area contributed by atoms with E-state index in [4.69, 9.17) is 4.74 Å². The second-order valence-electron chi connectivity index (χ2n) is 6.08. The second kappa shape index (κ2) is 8.54. The van der Waals surface area contributed by atoms with Gasteiger partial charge in [-0.15, -0.1) is 16.4 Å². The molecule has 0 radical (unpaired) electrons. The molecule has 0 aliphatic heterocycles. The van der Waals surface area contributed by atoms with Crippen LogP contribution in [0.1, 0.15) is 15.2 Å². The maximum Gasteiger partial charge on any atom is 0.416 e. The summed E-state index contributed by atoms with van der Waals surface area (Å²) in [6, 6.07) is 4.34. The molecule has 1 N–H and O–H groups in total. The minimum absolute atomic E-state index is 0.146. The molecular weight excluding hydrogens is 453 g/mol. The summed E-state index contributed by atoms with van der Waals surface area (Å²) >= 11 is 1.05. The number of aromatic nitrogens is 7. The van der Waals surface area contributed by atoms with Gasteiger partial charge >= 0.3 is 12.1 Å². The number of halogens is 3. The number of alkyl halides is 3. The van der Waals surface area contributed by atoms with Crippen molar-refractivity contribution in [1.82, 2.24) is 35.0 Å². The van der Waals surface area contributed by atoms with Gasteiger partial charge in [-0.2, -0.15) is 23.0 Å². The first kappa shape index (κ1) is 21.1. The fraction of sp³-hybridized carbons (Fsp3) is 0.118. The summed E-state index contributed by atoms with van der Waals surface area (Å²) in [6.45, 7) is -0.737. The molecule has 11 nitrogen and oxygen atoms in total. The van der Waals surface area contributed by atoms with Crippen LogP contribution in [-0.2, 0) is 15.7 Å². The van der Waals surface area contributed by atoms with Gasteiger partial charge in [0.05, 0.1) is 22.6 Å². The van der Waals surface area contributed by atoms with Crippen LogP contribution < -0.4 is 5.32 Å². The zero-order valence-electron chi connectivity index (χ0n) is 15.7. The lowest BCUT2D eigenvalue weighted by atomic mass is 10.1. The minimum atomic E-state index is -4.63. The first-order valence-electron chi connectivity index (χ1n) is 8.67. The van der Waals surface area contributed by atoms with E-state index in [1.54, 1.807) is 11.4 Å². The molecule has 0 atom stereocenters. The molecule has 0 fully saturated rings. The van der Waals surface area contributed by atoms with Crippen LogP contribution in [-0.4, -0.2) is 53.5 Å². The predicted octanol–water partition coefficient (Wildman–Crippen LogP) is 2.12. The SMILES string of the molecule is O=C(COC(=O)c1sccc1-n1cnnn1)Nc1cc(C(F)(F)F)ccc1-n1cncn1. The van der Waals surface area contributed by atoms with Crippen molar-refractivity contribution < 1.29 is 27.5 Å². The minimum Gasteiger partial charge on any atom is -0.451 e. The van der Waals surface area contributed by atoms with E-state index in [0.29, 0.717) is 5.69 Å². The van der Waals surface area contributed by atoms with E-state index in [1.165, 1.54) is 28.3 Å². The first-order chi connectivity index (χ1) is 15.3. The summed E-state index contributed by atoms with van der Waals surface area (Å²) in [5, 5.41) is 18.4. The van der Waals surface area contributed by atoms with Crippen LogP contribution in [0.15, 0.2) is 48.6 Å². The Labute approximate surface area is 180 Å². The molecule has 1 aromatic carbocycles. The van der Waals surface area contributed by atoms with E-state index in [-0.39, 0.29) is 16.3 Å². The topological polar surface area (TPSA) is 130 Å². The van der Waals surface area contributed by atoms with Crippen molar-refractivity contribution in [3.05, 3.63) is 59.1 Å². The molecule has 1 amide bonds. The van der Waals surface area contributed by atoms with Crippen LogP contribution in [0.25, 0.3) is 11.4 Å². The Hall–Kier alpha value is -4.14.